The van der Waals surface area contributed by atoms with E-state index in [4.69, 9.17) is 5.73 Å². The number of rotatable bonds is 6. The number of carbonyl (C=O) groups is 1. The zero-order valence-electron chi connectivity index (χ0n) is 14.0. The Bertz CT molecular complexity index is 462. The summed E-state index contributed by atoms with van der Waals surface area (Å²) in [6.07, 6.45) is 2.48. The topological polar surface area (TPSA) is 58.4 Å². The molecule has 0 aromatic heterocycles. The van der Waals surface area contributed by atoms with Gasteiger partial charge in [0.15, 0.2) is 0 Å². The van der Waals surface area contributed by atoms with Gasteiger partial charge in [0.25, 0.3) is 0 Å². The highest BCUT2D eigenvalue weighted by Gasteiger charge is 2.28. The van der Waals surface area contributed by atoms with Crippen molar-refractivity contribution in [2.45, 2.75) is 32.7 Å². The van der Waals surface area contributed by atoms with Crippen LogP contribution in [-0.2, 0) is 4.79 Å². The first-order valence-electron chi connectivity index (χ1n) is 7.82. The van der Waals surface area contributed by atoms with E-state index in [-0.39, 0.29) is 36.8 Å². The molecule has 4 nitrogen and oxygen atoms in total. The minimum atomic E-state index is -0.508. The van der Waals surface area contributed by atoms with Crippen LogP contribution in [0.4, 0.5) is 0 Å². The summed E-state index contributed by atoms with van der Waals surface area (Å²) < 4.78 is 0. The minimum Gasteiger partial charge on any atom is -0.354 e. The summed E-state index contributed by atoms with van der Waals surface area (Å²) in [5.74, 6) is 0.0325. The fraction of sp³-hybridized carbons (Fsp3) is 0.588. The fourth-order valence-corrected chi connectivity index (χ4v) is 2.71. The van der Waals surface area contributed by atoms with Crippen molar-refractivity contribution in [3.8, 4) is 0 Å². The summed E-state index contributed by atoms with van der Waals surface area (Å²) in [6.45, 7) is 6.99. The van der Waals surface area contributed by atoms with Crippen molar-refractivity contribution in [2.24, 2.45) is 11.1 Å². The first kappa shape index (κ1) is 22.2. The predicted molar refractivity (Wildman–Crippen MR) is 100 cm³/mol. The highest BCUT2D eigenvalue weighted by atomic mass is 35.5. The van der Waals surface area contributed by atoms with Crippen LogP contribution in [0.2, 0.25) is 0 Å². The highest BCUT2D eigenvalue weighted by molar-refractivity contribution is 5.85. The van der Waals surface area contributed by atoms with Crippen LogP contribution in [-0.4, -0.2) is 37.0 Å². The molecule has 1 heterocycles. The van der Waals surface area contributed by atoms with Gasteiger partial charge in [0.05, 0.1) is 11.5 Å². The van der Waals surface area contributed by atoms with Gasteiger partial charge in [-0.3, -0.25) is 9.69 Å². The lowest BCUT2D eigenvalue weighted by molar-refractivity contribution is -0.129. The highest BCUT2D eigenvalue weighted by Crippen LogP contribution is 2.24. The van der Waals surface area contributed by atoms with Gasteiger partial charge in [-0.1, -0.05) is 30.3 Å². The third-order valence-electron chi connectivity index (χ3n) is 4.35. The molecule has 0 bridgehead atoms. The monoisotopic (exact) mass is 361 g/mol. The molecule has 1 saturated heterocycles. The number of carbonyl (C=O) groups excluding carboxylic acids is 1. The molecule has 1 aromatic rings. The smallest absolute Gasteiger partial charge is 0.227 e. The van der Waals surface area contributed by atoms with Gasteiger partial charge in [0.2, 0.25) is 5.91 Å². The Kier molecular flexibility index (Phi) is 9.78. The number of nitrogens with two attached hydrogens (primary N) is 1. The molecule has 3 N–H and O–H groups in total. The molecular formula is C17H29Cl2N3O. The second-order valence-electron chi connectivity index (χ2n) is 6.47. The molecule has 23 heavy (non-hydrogen) atoms. The molecule has 132 valence electrons. The van der Waals surface area contributed by atoms with Crippen LogP contribution in [0.1, 0.15) is 38.3 Å². The molecule has 0 radical (unpaired) electrons. The Morgan fingerprint density at radius 2 is 1.78 bits per heavy atom. The Morgan fingerprint density at radius 1 is 1.22 bits per heavy atom. The summed E-state index contributed by atoms with van der Waals surface area (Å²) in [6, 6.07) is 10.7. The van der Waals surface area contributed by atoms with Crippen LogP contribution < -0.4 is 11.1 Å². The number of hydrogen-bond acceptors (Lipinski definition) is 3. The van der Waals surface area contributed by atoms with E-state index in [9.17, 15) is 4.79 Å². The zero-order valence-corrected chi connectivity index (χ0v) is 15.6. The molecule has 0 spiro atoms. The van der Waals surface area contributed by atoms with Crippen LogP contribution in [0.5, 0.6) is 0 Å². The molecule has 1 unspecified atom stereocenters. The number of likely N-dealkylation sites (tertiary alicyclic amines) is 1. The van der Waals surface area contributed by atoms with Crippen molar-refractivity contribution in [2.75, 3.05) is 26.2 Å². The standard InChI is InChI=1S/C17H27N3O.2ClH/c1-17(2,13-18)16(21)19-12-15(20-10-6-7-11-20)14-8-4-3-5-9-14;;/h3-5,8-9,15H,6-7,10-13,18H2,1-2H3,(H,19,21);2*1H. The Morgan fingerprint density at radius 3 is 2.30 bits per heavy atom. The van der Waals surface area contributed by atoms with Gasteiger partial charge in [-0.15, -0.1) is 24.8 Å². The minimum absolute atomic E-state index is 0. The molecule has 2 rings (SSSR count). The van der Waals surface area contributed by atoms with Crippen molar-refractivity contribution in [1.29, 1.82) is 0 Å². The number of nitrogens with zero attached hydrogens (tertiary/aromatic N) is 1. The van der Waals surface area contributed by atoms with E-state index in [1.165, 1.54) is 18.4 Å². The van der Waals surface area contributed by atoms with E-state index < -0.39 is 5.41 Å². The SMILES string of the molecule is CC(C)(CN)C(=O)NCC(c1ccccc1)N1CCCC1.Cl.Cl. The van der Waals surface area contributed by atoms with Crippen molar-refractivity contribution in [3.05, 3.63) is 35.9 Å². The van der Waals surface area contributed by atoms with E-state index >= 15 is 0 Å². The normalized spacial score (nSPS) is 16.1. The van der Waals surface area contributed by atoms with Crippen molar-refractivity contribution in [1.82, 2.24) is 10.2 Å². The van der Waals surface area contributed by atoms with Gasteiger partial charge in [-0.25, -0.2) is 0 Å². The third-order valence-corrected chi connectivity index (χ3v) is 4.35. The molecule has 6 heteroatoms. The van der Waals surface area contributed by atoms with Gasteiger partial charge < -0.3 is 11.1 Å². The first-order valence-corrected chi connectivity index (χ1v) is 7.82. The summed E-state index contributed by atoms with van der Waals surface area (Å²) in [7, 11) is 0. The Labute approximate surface area is 152 Å². The van der Waals surface area contributed by atoms with E-state index in [1.807, 2.05) is 19.9 Å². The van der Waals surface area contributed by atoms with Gasteiger partial charge in [0.1, 0.15) is 0 Å². The van der Waals surface area contributed by atoms with E-state index in [1.54, 1.807) is 0 Å². The quantitative estimate of drug-likeness (QED) is 0.818. The van der Waals surface area contributed by atoms with Gasteiger partial charge in [-0.05, 0) is 45.3 Å². The molecule has 1 aliphatic rings. The zero-order chi connectivity index (χ0) is 15.3. The van der Waals surface area contributed by atoms with Crippen molar-refractivity contribution >= 4 is 30.7 Å². The second kappa shape index (κ2) is 10.1. The van der Waals surface area contributed by atoms with Crippen molar-refractivity contribution in [3.63, 3.8) is 0 Å². The molecule has 1 atom stereocenters. The predicted octanol–water partition coefficient (Wildman–Crippen LogP) is 2.77. The van der Waals surface area contributed by atoms with E-state index in [0.717, 1.165) is 13.1 Å². The largest absolute Gasteiger partial charge is 0.354 e. The first-order chi connectivity index (χ1) is 10.0. The van der Waals surface area contributed by atoms with Gasteiger partial charge in [0, 0.05) is 13.1 Å². The fourth-order valence-electron chi connectivity index (χ4n) is 2.71. The molecule has 1 fully saturated rings. The van der Waals surface area contributed by atoms with E-state index in [0.29, 0.717) is 13.1 Å². The summed E-state index contributed by atoms with van der Waals surface area (Å²) in [5.41, 5.74) is 6.44. The maximum atomic E-state index is 12.2. The Balaban J connectivity index is 0.00000242. The van der Waals surface area contributed by atoms with Crippen LogP contribution >= 0.6 is 24.8 Å². The lowest BCUT2D eigenvalue weighted by atomic mass is 9.92. The molecule has 1 aromatic carbocycles. The van der Waals surface area contributed by atoms with Crippen LogP contribution in [0.3, 0.4) is 0 Å². The lowest BCUT2D eigenvalue weighted by Crippen LogP contribution is -2.45. The maximum absolute atomic E-state index is 12.2. The van der Waals surface area contributed by atoms with E-state index in [2.05, 4.69) is 34.5 Å². The molecule has 0 aliphatic carbocycles. The molecule has 0 saturated carbocycles. The van der Waals surface area contributed by atoms with Crippen LogP contribution in [0.15, 0.2) is 30.3 Å². The number of hydrogen-bond donors (Lipinski definition) is 2. The molecular weight excluding hydrogens is 333 g/mol. The lowest BCUT2D eigenvalue weighted by Gasteiger charge is -2.30. The van der Waals surface area contributed by atoms with Crippen LogP contribution in [0, 0.1) is 5.41 Å². The average Bonchev–Trinajstić information content (AvgIpc) is 3.02. The average molecular weight is 362 g/mol. The maximum Gasteiger partial charge on any atom is 0.227 e. The molecule has 1 amide bonds. The summed E-state index contributed by atoms with van der Waals surface area (Å²) in [5, 5.41) is 3.09. The number of nitrogens with one attached hydrogen (secondary N) is 1. The second-order valence-corrected chi connectivity index (χ2v) is 6.47. The molecule has 1 aliphatic heterocycles. The Hall–Kier alpha value is -0.810. The van der Waals surface area contributed by atoms with Crippen LogP contribution in [0.25, 0.3) is 0 Å². The summed E-state index contributed by atoms with van der Waals surface area (Å²) >= 11 is 0. The number of benzene rings is 1. The third kappa shape index (κ3) is 5.96. The number of halogens is 2. The van der Waals surface area contributed by atoms with Gasteiger partial charge in [-0.2, -0.15) is 0 Å². The van der Waals surface area contributed by atoms with Gasteiger partial charge >= 0.3 is 0 Å². The number of amides is 1. The van der Waals surface area contributed by atoms with Crippen molar-refractivity contribution < 1.29 is 4.79 Å². The summed E-state index contributed by atoms with van der Waals surface area (Å²) in [4.78, 5) is 14.7.